The van der Waals surface area contributed by atoms with Gasteiger partial charge in [-0.3, -0.25) is 0 Å². The molecule has 0 aromatic carbocycles. The summed E-state index contributed by atoms with van der Waals surface area (Å²) >= 11 is 0. The number of hydrogen-bond acceptors (Lipinski definition) is 5. The summed E-state index contributed by atoms with van der Waals surface area (Å²) in [5.41, 5.74) is 0.981. The van der Waals surface area contributed by atoms with Crippen LogP contribution in [-0.2, 0) is 9.47 Å². The van der Waals surface area contributed by atoms with Crippen LogP contribution in [0.1, 0.15) is 72.6 Å². The van der Waals surface area contributed by atoms with E-state index in [1.165, 1.54) is 5.57 Å². The molecule has 3 N–H and O–H groups in total. The molecule has 0 aromatic rings. The highest BCUT2D eigenvalue weighted by molar-refractivity contribution is 5.29. The zero-order chi connectivity index (χ0) is 22.6. The number of fused-ring (bicyclic) bond motifs is 7. The van der Waals surface area contributed by atoms with E-state index in [0.717, 1.165) is 45.1 Å². The maximum Gasteiger partial charge on any atom is 0.171 e. The number of rotatable bonds is 0. The Bertz CT molecular complexity index is 802. The van der Waals surface area contributed by atoms with Crippen molar-refractivity contribution >= 4 is 0 Å². The van der Waals surface area contributed by atoms with E-state index in [0.29, 0.717) is 30.1 Å². The van der Waals surface area contributed by atoms with Gasteiger partial charge < -0.3 is 24.8 Å². The fourth-order valence-electron chi connectivity index (χ4n) is 9.77. The summed E-state index contributed by atoms with van der Waals surface area (Å²) in [4.78, 5) is 0. The molecule has 5 fully saturated rings. The van der Waals surface area contributed by atoms with Crippen molar-refractivity contribution in [3.8, 4) is 0 Å². The summed E-state index contributed by atoms with van der Waals surface area (Å²) in [6.45, 7) is 9.98. The zero-order valence-electron chi connectivity index (χ0n) is 20.2. The Morgan fingerprint density at radius 1 is 1.03 bits per heavy atom. The van der Waals surface area contributed by atoms with Gasteiger partial charge in [0.05, 0.1) is 31.0 Å². The van der Waals surface area contributed by atoms with Crippen molar-refractivity contribution in [2.45, 2.75) is 103 Å². The predicted molar refractivity (Wildman–Crippen MR) is 120 cm³/mol. The molecule has 2 heterocycles. The van der Waals surface area contributed by atoms with E-state index in [1.54, 1.807) is 0 Å². The largest absolute Gasteiger partial charge is 0.393 e. The summed E-state index contributed by atoms with van der Waals surface area (Å²) in [7, 11) is 0. The Labute approximate surface area is 192 Å². The topological polar surface area (TPSA) is 79.2 Å². The van der Waals surface area contributed by atoms with E-state index < -0.39 is 18.0 Å². The molecule has 1 spiro atoms. The molecule has 3 saturated carbocycles. The van der Waals surface area contributed by atoms with Crippen LogP contribution >= 0.6 is 0 Å². The van der Waals surface area contributed by atoms with Crippen molar-refractivity contribution < 1.29 is 24.8 Å². The van der Waals surface area contributed by atoms with Gasteiger partial charge in [-0.15, -0.1) is 0 Å². The van der Waals surface area contributed by atoms with E-state index >= 15 is 0 Å². The van der Waals surface area contributed by atoms with Crippen LogP contribution < -0.4 is 0 Å². The molecule has 5 heteroatoms. The second-order valence-electron chi connectivity index (χ2n) is 13.0. The zero-order valence-corrected chi connectivity index (χ0v) is 20.2. The number of hydrogen-bond donors (Lipinski definition) is 3. The Hall–Kier alpha value is -0.460. The minimum atomic E-state index is -0.553. The predicted octanol–water partition coefficient (Wildman–Crippen LogP) is 3.66. The van der Waals surface area contributed by atoms with Crippen LogP contribution in [0, 0.1) is 46.3 Å². The van der Waals surface area contributed by atoms with Crippen LogP contribution in [0.4, 0.5) is 0 Å². The van der Waals surface area contributed by atoms with Crippen molar-refractivity contribution in [3.63, 3.8) is 0 Å². The first-order valence-corrected chi connectivity index (χ1v) is 13.2. The first kappa shape index (κ1) is 22.0. The van der Waals surface area contributed by atoms with Crippen molar-refractivity contribution in [2.75, 3.05) is 6.61 Å². The molecule has 6 rings (SSSR count). The number of aliphatic hydroxyl groups excluding tert-OH is 3. The van der Waals surface area contributed by atoms with Crippen LogP contribution in [-0.4, -0.2) is 52.1 Å². The lowest BCUT2D eigenvalue weighted by Gasteiger charge is -2.61. The summed E-state index contributed by atoms with van der Waals surface area (Å²) in [5, 5.41) is 33.3. The molecule has 5 nitrogen and oxygen atoms in total. The van der Waals surface area contributed by atoms with Gasteiger partial charge in [-0.05, 0) is 78.9 Å². The quantitative estimate of drug-likeness (QED) is 0.495. The molecule has 2 aliphatic heterocycles. The number of ether oxygens (including phenoxy) is 2. The second kappa shape index (κ2) is 7.04. The van der Waals surface area contributed by atoms with Crippen molar-refractivity contribution in [1.29, 1.82) is 0 Å². The molecule has 0 radical (unpaired) electrons. The van der Waals surface area contributed by atoms with Crippen molar-refractivity contribution in [3.05, 3.63) is 11.6 Å². The average molecular weight is 447 g/mol. The Kier molecular flexibility index (Phi) is 4.84. The fourth-order valence-corrected chi connectivity index (χ4v) is 9.77. The molecule has 6 aliphatic rings. The molecule has 180 valence electrons. The van der Waals surface area contributed by atoms with Crippen LogP contribution in [0.15, 0.2) is 11.6 Å². The molecular formula is C27H42O5. The summed E-state index contributed by atoms with van der Waals surface area (Å²) in [5.74, 6) is 1.23. The lowest BCUT2D eigenvalue weighted by atomic mass is 9.45. The van der Waals surface area contributed by atoms with Gasteiger partial charge in [-0.2, -0.15) is 0 Å². The Morgan fingerprint density at radius 3 is 2.53 bits per heavy atom. The first-order chi connectivity index (χ1) is 15.1. The molecule has 32 heavy (non-hydrogen) atoms. The van der Waals surface area contributed by atoms with Gasteiger partial charge in [-0.1, -0.05) is 39.3 Å². The fraction of sp³-hybridized carbons (Fsp3) is 0.926. The van der Waals surface area contributed by atoms with Crippen LogP contribution in [0.3, 0.4) is 0 Å². The number of aliphatic hydroxyl groups is 3. The van der Waals surface area contributed by atoms with Gasteiger partial charge >= 0.3 is 0 Å². The van der Waals surface area contributed by atoms with Crippen LogP contribution in [0.2, 0.25) is 0 Å². The third-order valence-electron chi connectivity index (χ3n) is 11.3. The highest BCUT2D eigenvalue weighted by Gasteiger charge is 2.71. The van der Waals surface area contributed by atoms with Gasteiger partial charge in [-0.25, -0.2) is 0 Å². The minimum Gasteiger partial charge on any atom is -0.393 e. The van der Waals surface area contributed by atoms with E-state index in [9.17, 15) is 15.3 Å². The first-order valence-electron chi connectivity index (χ1n) is 13.2. The van der Waals surface area contributed by atoms with Crippen LogP contribution in [0.5, 0.6) is 0 Å². The lowest BCUT2D eigenvalue weighted by Crippen LogP contribution is -2.60. The Balaban J connectivity index is 1.34. The van der Waals surface area contributed by atoms with Gasteiger partial charge in [0.1, 0.15) is 0 Å². The van der Waals surface area contributed by atoms with Gasteiger partial charge in [0.25, 0.3) is 0 Å². The molecule has 2 saturated heterocycles. The van der Waals surface area contributed by atoms with Gasteiger partial charge in [0, 0.05) is 12.3 Å². The van der Waals surface area contributed by atoms with Crippen LogP contribution in [0.25, 0.3) is 0 Å². The Morgan fingerprint density at radius 2 is 1.81 bits per heavy atom. The maximum absolute atomic E-state index is 11.7. The van der Waals surface area contributed by atoms with E-state index in [1.807, 2.05) is 6.08 Å². The standard InChI is InChI=1S/C27H42O5/c1-14-5-8-27(31-13-14)15(2)23-21(32-27)11-18-22-19(29)10-16-9-17(28)6-7-25(16,3)24(22)20(30)12-26(18,23)4/h10,14-15,17-24,28-30H,5-9,11-13H2,1-4H3/t14?,15-,17?,18-,19?,20?,21-,22+,23-,24-,25-,26-,27+/m0/s1. The third kappa shape index (κ3) is 2.75. The molecule has 4 aliphatic carbocycles. The third-order valence-corrected chi connectivity index (χ3v) is 11.3. The molecule has 0 bridgehead atoms. The van der Waals surface area contributed by atoms with E-state index in [2.05, 4.69) is 27.7 Å². The van der Waals surface area contributed by atoms with Gasteiger partial charge in [0.2, 0.25) is 0 Å². The second-order valence-corrected chi connectivity index (χ2v) is 13.0. The highest BCUT2D eigenvalue weighted by atomic mass is 16.7. The van der Waals surface area contributed by atoms with E-state index in [-0.39, 0.29) is 34.9 Å². The molecule has 0 aromatic heterocycles. The smallest absolute Gasteiger partial charge is 0.171 e. The molecule has 4 unspecified atom stereocenters. The molecular weight excluding hydrogens is 404 g/mol. The molecule has 13 atom stereocenters. The average Bonchev–Trinajstić information content (AvgIpc) is 3.16. The maximum atomic E-state index is 11.7. The van der Waals surface area contributed by atoms with Crippen molar-refractivity contribution in [2.24, 2.45) is 46.3 Å². The van der Waals surface area contributed by atoms with Gasteiger partial charge in [0.15, 0.2) is 5.79 Å². The summed E-state index contributed by atoms with van der Waals surface area (Å²) in [6.07, 6.45) is 7.04. The summed E-state index contributed by atoms with van der Waals surface area (Å²) in [6, 6.07) is 0. The van der Waals surface area contributed by atoms with E-state index in [4.69, 9.17) is 9.47 Å². The SMILES string of the molecule is CC1CC[C@@]2(OC1)O[C@H]1C[C@H]3[C@@H]4C(O)C=C5CC(O)CC[C@]5(C)[C@H]4C(O)C[C@]3(C)[C@H]1[C@@H]2C. The highest BCUT2D eigenvalue weighted by Crippen LogP contribution is 2.70. The normalized spacial score (nSPS) is 61.5. The monoisotopic (exact) mass is 446 g/mol. The van der Waals surface area contributed by atoms with Crippen molar-refractivity contribution in [1.82, 2.24) is 0 Å². The summed E-state index contributed by atoms with van der Waals surface area (Å²) < 4.78 is 13.2. The minimum absolute atomic E-state index is 0.0531. The lowest BCUT2D eigenvalue weighted by molar-refractivity contribution is -0.274. The molecule has 0 amide bonds.